The highest BCUT2D eigenvalue weighted by molar-refractivity contribution is 5.89. The average Bonchev–Trinajstić information content (AvgIpc) is 3.23. The molecule has 0 atom stereocenters. The Morgan fingerprint density at radius 2 is 1.81 bits per heavy atom. The molecule has 2 aromatic carbocycles. The topological polar surface area (TPSA) is 13.7 Å². The van der Waals surface area contributed by atoms with E-state index in [4.69, 9.17) is 0 Å². The van der Waals surface area contributed by atoms with Gasteiger partial charge in [0.15, 0.2) is 6.33 Å². The predicted molar refractivity (Wildman–Crippen MR) is 108 cm³/mol. The van der Waals surface area contributed by atoms with Crippen molar-refractivity contribution in [3.63, 3.8) is 0 Å². The SMILES string of the molecule is CC=C(C)c1cc2cccc(C)c2n1-c1cn(-c2ccccc2)c[n+]1C. The van der Waals surface area contributed by atoms with Gasteiger partial charge in [0.2, 0.25) is 0 Å². The Kier molecular flexibility index (Phi) is 4.00. The molecule has 4 aromatic rings. The van der Waals surface area contributed by atoms with E-state index < -0.39 is 0 Å². The van der Waals surface area contributed by atoms with Crippen molar-refractivity contribution in [2.45, 2.75) is 20.8 Å². The summed E-state index contributed by atoms with van der Waals surface area (Å²) in [7, 11) is 2.10. The molecule has 0 saturated heterocycles. The number of para-hydroxylation sites is 2. The summed E-state index contributed by atoms with van der Waals surface area (Å²) in [4.78, 5) is 0. The van der Waals surface area contributed by atoms with Gasteiger partial charge in [-0.1, -0.05) is 42.5 Å². The van der Waals surface area contributed by atoms with Crippen molar-refractivity contribution < 1.29 is 4.57 Å². The van der Waals surface area contributed by atoms with Crippen LogP contribution in [0, 0.1) is 6.92 Å². The van der Waals surface area contributed by atoms with Crippen LogP contribution in [0.4, 0.5) is 0 Å². The third kappa shape index (κ3) is 2.57. The second kappa shape index (κ2) is 6.34. The summed E-state index contributed by atoms with van der Waals surface area (Å²) in [6, 6.07) is 19.2. The van der Waals surface area contributed by atoms with Crippen molar-refractivity contribution in [2.75, 3.05) is 0 Å². The number of imidazole rings is 1. The van der Waals surface area contributed by atoms with Gasteiger partial charge in [0.1, 0.15) is 23.1 Å². The van der Waals surface area contributed by atoms with Gasteiger partial charge in [0.25, 0.3) is 5.82 Å². The van der Waals surface area contributed by atoms with Crippen molar-refractivity contribution in [3.8, 4) is 11.5 Å². The number of allylic oxidation sites excluding steroid dienone is 2. The number of hydrogen-bond donors (Lipinski definition) is 0. The average molecular weight is 342 g/mol. The molecule has 0 N–H and O–H groups in total. The summed E-state index contributed by atoms with van der Waals surface area (Å²) in [6.07, 6.45) is 6.51. The Bertz CT molecular complexity index is 1110. The predicted octanol–water partition coefficient (Wildman–Crippen LogP) is 4.98. The largest absolute Gasteiger partial charge is 0.265 e. The molecular formula is C23H24N3+. The van der Waals surface area contributed by atoms with Crippen LogP contribution in [0.5, 0.6) is 0 Å². The highest BCUT2D eigenvalue weighted by Crippen LogP contribution is 2.30. The van der Waals surface area contributed by atoms with E-state index >= 15 is 0 Å². The maximum Gasteiger partial charge on any atom is 0.265 e. The molecule has 3 nitrogen and oxygen atoms in total. The van der Waals surface area contributed by atoms with E-state index in [0.717, 1.165) is 11.5 Å². The third-order valence-electron chi connectivity index (χ3n) is 5.06. The zero-order valence-electron chi connectivity index (χ0n) is 15.8. The van der Waals surface area contributed by atoms with Crippen molar-refractivity contribution in [1.29, 1.82) is 0 Å². The van der Waals surface area contributed by atoms with Gasteiger partial charge in [-0.2, -0.15) is 0 Å². The van der Waals surface area contributed by atoms with Crippen LogP contribution in [0.15, 0.2) is 73.2 Å². The van der Waals surface area contributed by atoms with Gasteiger partial charge in [-0.15, -0.1) is 0 Å². The molecule has 0 aliphatic carbocycles. The second-order valence-electron chi connectivity index (χ2n) is 6.81. The van der Waals surface area contributed by atoms with Crippen LogP contribution in [-0.4, -0.2) is 9.13 Å². The molecule has 4 rings (SSSR count). The number of benzene rings is 2. The van der Waals surface area contributed by atoms with Crippen molar-refractivity contribution in [2.24, 2.45) is 7.05 Å². The lowest BCUT2D eigenvalue weighted by Gasteiger charge is -2.06. The van der Waals surface area contributed by atoms with E-state index in [0.29, 0.717) is 0 Å². The fourth-order valence-corrected chi connectivity index (χ4v) is 3.56. The van der Waals surface area contributed by atoms with E-state index in [1.54, 1.807) is 0 Å². The summed E-state index contributed by atoms with van der Waals surface area (Å²) in [5, 5.41) is 1.27. The van der Waals surface area contributed by atoms with Crippen LogP contribution in [-0.2, 0) is 7.05 Å². The molecule has 3 heteroatoms. The minimum atomic E-state index is 1.15. The smallest absolute Gasteiger partial charge is 0.238 e. The molecule has 0 unspecified atom stereocenters. The lowest BCUT2D eigenvalue weighted by atomic mass is 10.1. The van der Waals surface area contributed by atoms with Crippen LogP contribution in [0.25, 0.3) is 28.0 Å². The Morgan fingerprint density at radius 3 is 2.54 bits per heavy atom. The fourth-order valence-electron chi connectivity index (χ4n) is 3.56. The molecule has 0 spiro atoms. The molecule has 26 heavy (non-hydrogen) atoms. The molecule has 2 heterocycles. The van der Waals surface area contributed by atoms with E-state index in [9.17, 15) is 0 Å². The van der Waals surface area contributed by atoms with Crippen molar-refractivity contribution in [1.82, 2.24) is 9.13 Å². The maximum absolute atomic E-state index is 2.37. The van der Waals surface area contributed by atoms with Gasteiger partial charge in [-0.25, -0.2) is 13.7 Å². The normalized spacial score (nSPS) is 12.1. The summed E-state index contributed by atoms with van der Waals surface area (Å²) >= 11 is 0. The van der Waals surface area contributed by atoms with E-state index in [1.165, 1.54) is 27.7 Å². The zero-order valence-corrected chi connectivity index (χ0v) is 15.8. The Hall–Kier alpha value is -3.07. The highest BCUT2D eigenvalue weighted by atomic mass is 15.2. The number of nitrogens with zero attached hydrogens (tertiary/aromatic N) is 3. The first-order valence-electron chi connectivity index (χ1n) is 8.98. The number of rotatable bonds is 3. The van der Waals surface area contributed by atoms with Gasteiger partial charge in [-0.05, 0) is 50.1 Å². The van der Waals surface area contributed by atoms with Crippen LogP contribution in [0.2, 0.25) is 0 Å². The molecule has 0 radical (unpaired) electrons. The van der Waals surface area contributed by atoms with Gasteiger partial charge >= 0.3 is 0 Å². The fraction of sp³-hybridized carbons (Fsp3) is 0.174. The molecule has 130 valence electrons. The highest BCUT2D eigenvalue weighted by Gasteiger charge is 2.22. The standard InChI is InChI=1S/C23H24N3/c1-5-17(2)21-14-19-11-9-10-18(3)23(19)26(21)22-15-25(16-24(22)4)20-12-7-6-8-13-20/h5-16H,1-4H3/q+1. The molecule has 0 aliphatic rings. The molecule has 2 aromatic heterocycles. The quantitative estimate of drug-likeness (QED) is 0.466. The Morgan fingerprint density at radius 1 is 1.04 bits per heavy atom. The third-order valence-corrected chi connectivity index (χ3v) is 5.06. The van der Waals surface area contributed by atoms with Gasteiger partial charge in [-0.3, -0.25) is 0 Å². The van der Waals surface area contributed by atoms with E-state index in [1.807, 2.05) is 6.07 Å². The van der Waals surface area contributed by atoms with Crippen LogP contribution < -0.4 is 4.57 Å². The number of hydrogen-bond acceptors (Lipinski definition) is 0. The molecule has 0 aliphatic heterocycles. The minimum Gasteiger partial charge on any atom is -0.238 e. The van der Waals surface area contributed by atoms with E-state index in [2.05, 4.69) is 109 Å². The van der Waals surface area contributed by atoms with Gasteiger partial charge in [0, 0.05) is 5.39 Å². The Balaban J connectivity index is 2.02. The first kappa shape index (κ1) is 16.4. The van der Waals surface area contributed by atoms with Gasteiger partial charge in [0.05, 0.1) is 7.05 Å². The summed E-state index contributed by atoms with van der Waals surface area (Å²) in [5.74, 6) is 1.15. The van der Waals surface area contributed by atoms with Crippen molar-refractivity contribution >= 4 is 16.5 Å². The van der Waals surface area contributed by atoms with Crippen LogP contribution >= 0.6 is 0 Å². The molecular weight excluding hydrogens is 318 g/mol. The van der Waals surface area contributed by atoms with Crippen LogP contribution in [0.3, 0.4) is 0 Å². The molecule has 0 amide bonds. The first-order valence-corrected chi connectivity index (χ1v) is 8.98. The molecule has 0 fully saturated rings. The summed E-state index contributed by atoms with van der Waals surface area (Å²) in [6.45, 7) is 6.45. The number of aromatic nitrogens is 3. The summed E-state index contributed by atoms with van der Waals surface area (Å²) in [5.41, 5.74) is 6.22. The zero-order chi connectivity index (χ0) is 18.3. The minimum absolute atomic E-state index is 1.15. The summed E-state index contributed by atoms with van der Waals surface area (Å²) < 4.78 is 6.74. The maximum atomic E-state index is 2.37. The van der Waals surface area contributed by atoms with Gasteiger partial charge < -0.3 is 0 Å². The second-order valence-corrected chi connectivity index (χ2v) is 6.81. The molecule has 0 saturated carbocycles. The van der Waals surface area contributed by atoms with E-state index in [-0.39, 0.29) is 0 Å². The van der Waals surface area contributed by atoms with Crippen LogP contribution in [0.1, 0.15) is 25.1 Å². The first-order chi connectivity index (χ1) is 12.6. The number of aryl methyl sites for hydroxylation is 2. The lowest BCUT2D eigenvalue weighted by Crippen LogP contribution is -2.31. The lowest BCUT2D eigenvalue weighted by molar-refractivity contribution is -0.664. The molecule has 0 bridgehead atoms. The monoisotopic (exact) mass is 342 g/mol. The Labute approximate surface area is 154 Å². The van der Waals surface area contributed by atoms with Crippen molar-refractivity contribution in [3.05, 3.63) is 84.5 Å². The number of fused-ring (bicyclic) bond motifs is 1.